The predicted octanol–water partition coefficient (Wildman–Crippen LogP) is 2.31. The lowest BCUT2D eigenvalue weighted by Gasteiger charge is -2.28. The molecule has 2 fully saturated rings. The van der Waals surface area contributed by atoms with Crippen molar-refractivity contribution in [3.63, 3.8) is 0 Å². The molecular formula is C24H30N4O3. The number of rotatable bonds is 5. The molecule has 164 valence electrons. The van der Waals surface area contributed by atoms with Gasteiger partial charge in [-0.1, -0.05) is 19.1 Å². The lowest BCUT2D eigenvalue weighted by Crippen LogP contribution is -2.36. The molecule has 31 heavy (non-hydrogen) atoms. The van der Waals surface area contributed by atoms with Crippen LogP contribution in [0.15, 0.2) is 29.1 Å². The van der Waals surface area contributed by atoms with Gasteiger partial charge < -0.3 is 14.6 Å². The van der Waals surface area contributed by atoms with Crippen molar-refractivity contribution in [3.05, 3.63) is 57.3 Å². The van der Waals surface area contributed by atoms with Gasteiger partial charge in [0.05, 0.1) is 12.8 Å². The Balaban J connectivity index is 1.28. The molecule has 0 unspecified atom stereocenters. The van der Waals surface area contributed by atoms with Gasteiger partial charge in [-0.15, -0.1) is 0 Å². The largest absolute Gasteiger partial charge is 0.497 e. The van der Waals surface area contributed by atoms with E-state index in [0.29, 0.717) is 25.4 Å². The molecule has 3 heterocycles. The molecule has 0 bridgehead atoms. The topological polar surface area (TPSA) is 78.5 Å². The fourth-order valence-corrected chi connectivity index (χ4v) is 4.91. The van der Waals surface area contributed by atoms with Gasteiger partial charge in [-0.25, -0.2) is 4.98 Å². The third kappa shape index (κ3) is 4.11. The molecule has 1 aromatic carbocycles. The van der Waals surface area contributed by atoms with Crippen molar-refractivity contribution in [1.29, 1.82) is 0 Å². The maximum atomic E-state index is 12.7. The van der Waals surface area contributed by atoms with Crippen LogP contribution < -0.4 is 10.3 Å². The first-order chi connectivity index (χ1) is 15.0. The van der Waals surface area contributed by atoms with Crippen LogP contribution in [-0.4, -0.2) is 52.4 Å². The number of methoxy groups -OCH3 is 1. The Kier molecular flexibility index (Phi) is 5.30. The van der Waals surface area contributed by atoms with E-state index in [9.17, 15) is 9.59 Å². The number of ether oxygens (including phenoxy) is 1. The number of H-pyrrole nitrogens is 1. The number of hydrogen-bond acceptors (Lipinski definition) is 5. The van der Waals surface area contributed by atoms with Gasteiger partial charge in [0, 0.05) is 50.1 Å². The van der Waals surface area contributed by atoms with E-state index in [-0.39, 0.29) is 23.3 Å². The number of aromatic amines is 1. The quantitative estimate of drug-likeness (QED) is 0.800. The van der Waals surface area contributed by atoms with Crippen LogP contribution in [-0.2, 0) is 24.3 Å². The average Bonchev–Trinajstić information content (AvgIpc) is 3.30. The van der Waals surface area contributed by atoms with Crippen LogP contribution in [0.5, 0.6) is 5.75 Å². The van der Waals surface area contributed by atoms with Gasteiger partial charge in [-0.2, -0.15) is 0 Å². The lowest BCUT2D eigenvalue weighted by molar-refractivity contribution is -0.131. The molecule has 7 nitrogen and oxygen atoms in total. The van der Waals surface area contributed by atoms with Crippen molar-refractivity contribution < 1.29 is 9.53 Å². The number of carbonyl (C=O) groups excluding carboxylic acids is 1. The minimum absolute atomic E-state index is 0.00955. The number of hydrogen-bond donors (Lipinski definition) is 1. The Bertz CT molecular complexity index is 1030. The SMILES string of the molecule is COc1ccc(CN2CCc3c(nc([C@H]4CCN(C(=O)[C@H]5C[C@@H]5C)C4)[nH]c3=O)C2)cc1. The maximum absolute atomic E-state index is 12.7. The Hall–Kier alpha value is -2.67. The van der Waals surface area contributed by atoms with Gasteiger partial charge in [0.15, 0.2) is 0 Å². The minimum Gasteiger partial charge on any atom is -0.497 e. The summed E-state index contributed by atoms with van der Waals surface area (Å²) in [6, 6.07) is 8.11. The molecule has 1 saturated carbocycles. The minimum atomic E-state index is -0.00955. The van der Waals surface area contributed by atoms with Gasteiger partial charge in [-0.05, 0) is 42.9 Å². The number of carbonyl (C=O) groups is 1. The van der Waals surface area contributed by atoms with E-state index in [1.54, 1.807) is 7.11 Å². The van der Waals surface area contributed by atoms with E-state index < -0.39 is 0 Å². The van der Waals surface area contributed by atoms with Crippen molar-refractivity contribution in [2.75, 3.05) is 26.7 Å². The summed E-state index contributed by atoms with van der Waals surface area (Å²) < 4.78 is 5.24. The first-order valence-corrected chi connectivity index (χ1v) is 11.3. The highest BCUT2D eigenvalue weighted by Gasteiger charge is 2.43. The van der Waals surface area contributed by atoms with Gasteiger partial charge in [0.1, 0.15) is 11.6 Å². The van der Waals surface area contributed by atoms with E-state index in [1.807, 2.05) is 17.0 Å². The monoisotopic (exact) mass is 422 g/mol. The van der Waals surface area contributed by atoms with E-state index in [4.69, 9.17) is 9.72 Å². The summed E-state index contributed by atoms with van der Waals surface area (Å²) >= 11 is 0. The number of aromatic nitrogens is 2. The van der Waals surface area contributed by atoms with E-state index in [1.165, 1.54) is 5.56 Å². The molecule has 1 N–H and O–H groups in total. The number of likely N-dealkylation sites (tertiary alicyclic amines) is 1. The standard InChI is InChI=1S/C24H30N4O3/c1-15-11-20(15)24(30)28-10-7-17(13-28)22-25-21-14-27(9-8-19(21)23(29)26-22)12-16-3-5-18(31-2)6-4-16/h3-6,15,17,20H,7-14H2,1-2H3,(H,25,26,29)/t15-,17-,20-/m0/s1. The number of benzene rings is 1. The van der Waals surface area contributed by atoms with Crippen LogP contribution in [0.3, 0.4) is 0 Å². The van der Waals surface area contributed by atoms with Crippen molar-refractivity contribution in [2.45, 2.75) is 45.2 Å². The van der Waals surface area contributed by atoms with Crippen molar-refractivity contribution in [1.82, 2.24) is 19.8 Å². The Labute approximate surface area is 182 Å². The average molecular weight is 423 g/mol. The summed E-state index contributed by atoms with van der Waals surface area (Å²) in [5.74, 6) is 2.72. The lowest BCUT2D eigenvalue weighted by atomic mass is 10.0. The number of fused-ring (bicyclic) bond motifs is 1. The second-order valence-electron chi connectivity index (χ2n) is 9.27. The van der Waals surface area contributed by atoms with Crippen LogP contribution in [0.4, 0.5) is 0 Å². The van der Waals surface area contributed by atoms with Crippen LogP contribution in [0, 0.1) is 11.8 Å². The molecule has 3 aliphatic rings. The first-order valence-electron chi connectivity index (χ1n) is 11.3. The summed E-state index contributed by atoms with van der Waals surface area (Å²) in [5, 5.41) is 0. The van der Waals surface area contributed by atoms with E-state index in [0.717, 1.165) is 55.3 Å². The normalized spacial score (nSPS) is 25.4. The van der Waals surface area contributed by atoms with Crippen molar-refractivity contribution in [3.8, 4) is 5.75 Å². The summed E-state index contributed by atoms with van der Waals surface area (Å²) in [5.41, 5.74) is 2.91. The Morgan fingerprint density at radius 3 is 2.74 bits per heavy atom. The highest BCUT2D eigenvalue weighted by atomic mass is 16.5. The smallest absolute Gasteiger partial charge is 0.254 e. The number of nitrogens with one attached hydrogen (secondary N) is 1. The molecule has 3 atom stereocenters. The highest BCUT2D eigenvalue weighted by Crippen LogP contribution is 2.40. The van der Waals surface area contributed by atoms with Crippen molar-refractivity contribution in [2.24, 2.45) is 11.8 Å². The zero-order chi connectivity index (χ0) is 21.5. The molecule has 1 aliphatic carbocycles. The molecule has 1 aromatic heterocycles. The highest BCUT2D eigenvalue weighted by molar-refractivity contribution is 5.81. The zero-order valence-corrected chi connectivity index (χ0v) is 18.3. The van der Waals surface area contributed by atoms with Crippen LogP contribution in [0.2, 0.25) is 0 Å². The third-order valence-electron chi connectivity index (χ3n) is 7.05. The molecule has 2 aliphatic heterocycles. The second kappa shape index (κ2) is 8.11. The van der Waals surface area contributed by atoms with Crippen LogP contribution >= 0.6 is 0 Å². The summed E-state index contributed by atoms with van der Waals surface area (Å²) in [4.78, 5) is 37.5. The molecule has 1 amide bonds. The fourth-order valence-electron chi connectivity index (χ4n) is 4.91. The predicted molar refractivity (Wildman–Crippen MR) is 117 cm³/mol. The fraction of sp³-hybridized carbons (Fsp3) is 0.542. The van der Waals surface area contributed by atoms with Crippen LogP contribution in [0.25, 0.3) is 0 Å². The molecule has 0 radical (unpaired) electrons. The van der Waals surface area contributed by atoms with Crippen LogP contribution in [0.1, 0.15) is 48.3 Å². The molecule has 1 saturated heterocycles. The maximum Gasteiger partial charge on any atom is 0.254 e. The number of amides is 1. The van der Waals surface area contributed by atoms with Gasteiger partial charge in [0.25, 0.3) is 5.56 Å². The summed E-state index contributed by atoms with van der Waals surface area (Å²) in [7, 11) is 1.67. The van der Waals surface area contributed by atoms with E-state index >= 15 is 0 Å². The summed E-state index contributed by atoms with van der Waals surface area (Å²) in [6.07, 6.45) is 2.59. The molecule has 0 spiro atoms. The van der Waals surface area contributed by atoms with Gasteiger partial charge in [0.2, 0.25) is 5.91 Å². The summed E-state index contributed by atoms with van der Waals surface area (Å²) in [6.45, 7) is 5.90. The van der Waals surface area contributed by atoms with Gasteiger partial charge >= 0.3 is 0 Å². The Morgan fingerprint density at radius 2 is 2.03 bits per heavy atom. The first kappa shape index (κ1) is 20.2. The van der Waals surface area contributed by atoms with Crippen molar-refractivity contribution >= 4 is 5.91 Å². The molecular weight excluding hydrogens is 392 g/mol. The molecule has 5 rings (SSSR count). The molecule has 7 heteroatoms. The third-order valence-corrected chi connectivity index (χ3v) is 7.05. The molecule has 2 aromatic rings. The zero-order valence-electron chi connectivity index (χ0n) is 18.3. The second-order valence-corrected chi connectivity index (χ2v) is 9.27. The van der Waals surface area contributed by atoms with Gasteiger partial charge in [-0.3, -0.25) is 14.5 Å². The van der Waals surface area contributed by atoms with E-state index in [2.05, 4.69) is 28.9 Å². The Morgan fingerprint density at radius 1 is 1.26 bits per heavy atom. The number of nitrogens with zero attached hydrogens (tertiary/aromatic N) is 3.